The number of ketones is 2. The molecule has 1 heterocycles. The van der Waals surface area contributed by atoms with Gasteiger partial charge in [-0.05, 0) is 30.3 Å². The Balaban J connectivity index is 2.25. The summed E-state index contributed by atoms with van der Waals surface area (Å²) >= 11 is 0. The summed E-state index contributed by atoms with van der Waals surface area (Å²) in [6.45, 7) is 0. The van der Waals surface area contributed by atoms with Crippen molar-refractivity contribution in [1.29, 1.82) is 0 Å². The lowest BCUT2D eigenvalue weighted by Gasteiger charge is -2.13. The predicted molar refractivity (Wildman–Crippen MR) is 99.0 cm³/mol. The molecule has 1 aromatic heterocycles. The number of carbonyl (C=O) groups is 3. The summed E-state index contributed by atoms with van der Waals surface area (Å²) in [5.74, 6) is -2.89. The van der Waals surface area contributed by atoms with Crippen LogP contribution in [0.2, 0.25) is 0 Å². The van der Waals surface area contributed by atoms with E-state index in [-0.39, 0.29) is 16.8 Å². The number of benzene rings is 2. The summed E-state index contributed by atoms with van der Waals surface area (Å²) in [4.78, 5) is 38.7. The number of hydrogen-bond acceptors (Lipinski definition) is 5. The van der Waals surface area contributed by atoms with Crippen LogP contribution in [0.1, 0.15) is 20.7 Å². The molecule has 2 aromatic carbocycles. The molecule has 3 rings (SSSR count). The van der Waals surface area contributed by atoms with E-state index in [4.69, 9.17) is 4.74 Å². The molecule has 0 aliphatic heterocycles. The number of hydrogen-bond donors (Lipinski definition) is 0. The largest absolute Gasteiger partial charge is 0.465 e. The van der Waals surface area contributed by atoms with Crippen molar-refractivity contribution in [3.63, 3.8) is 0 Å². The van der Waals surface area contributed by atoms with Crippen molar-refractivity contribution in [3.8, 4) is 0 Å². The smallest absolute Gasteiger partial charge is 0.344 e. The highest BCUT2D eigenvalue weighted by Gasteiger charge is 2.31. The van der Waals surface area contributed by atoms with Crippen LogP contribution in [0.3, 0.4) is 0 Å². The molecule has 7 heteroatoms. The van der Waals surface area contributed by atoms with Gasteiger partial charge in [-0.2, -0.15) is 5.10 Å². The van der Waals surface area contributed by atoms with E-state index in [9.17, 15) is 18.8 Å². The molecule has 0 saturated carbocycles. The van der Waals surface area contributed by atoms with E-state index in [1.807, 2.05) is 0 Å². The van der Waals surface area contributed by atoms with Gasteiger partial charge in [-0.25, -0.2) is 13.9 Å². The number of carbonyl (C=O) groups excluding carboxylic acids is 3. The first-order chi connectivity index (χ1) is 13.5. The van der Waals surface area contributed by atoms with Crippen molar-refractivity contribution < 1.29 is 23.5 Å². The van der Waals surface area contributed by atoms with Gasteiger partial charge in [0.15, 0.2) is 0 Å². The molecule has 0 saturated heterocycles. The molecule has 3 aromatic rings. The number of esters is 1. The summed E-state index contributed by atoms with van der Waals surface area (Å²) < 4.78 is 19.1. The lowest BCUT2D eigenvalue weighted by molar-refractivity contribution is -0.135. The van der Waals surface area contributed by atoms with Gasteiger partial charge in [0.1, 0.15) is 17.1 Å². The van der Waals surface area contributed by atoms with Crippen LogP contribution in [0, 0.1) is 5.82 Å². The van der Waals surface area contributed by atoms with Crippen LogP contribution in [0.5, 0.6) is 0 Å². The number of aromatic nitrogens is 2. The fraction of sp³-hybridized carbons (Fsp3) is 0.0476. The molecule has 0 bridgehead atoms. The van der Waals surface area contributed by atoms with E-state index in [0.717, 1.165) is 23.9 Å². The van der Waals surface area contributed by atoms with Gasteiger partial charge >= 0.3 is 5.97 Å². The van der Waals surface area contributed by atoms with E-state index >= 15 is 0 Å². The molecule has 6 nitrogen and oxygen atoms in total. The molecular weight excluding hydrogens is 363 g/mol. The Kier molecular flexibility index (Phi) is 5.55. The maximum atomic E-state index is 13.2. The third kappa shape index (κ3) is 3.78. The Morgan fingerprint density at radius 1 is 0.893 bits per heavy atom. The molecule has 28 heavy (non-hydrogen) atoms. The Morgan fingerprint density at radius 3 is 2.11 bits per heavy atom. The average Bonchev–Trinajstić information content (AvgIpc) is 3.26. The molecule has 0 atom stereocenters. The quantitative estimate of drug-likeness (QED) is 0.216. The molecule has 0 N–H and O–H groups in total. The number of halogens is 1. The molecular formula is C21H15FN2O4. The Morgan fingerprint density at radius 2 is 1.54 bits per heavy atom. The third-order valence-electron chi connectivity index (χ3n) is 3.94. The van der Waals surface area contributed by atoms with E-state index in [2.05, 4.69) is 5.10 Å². The number of Topliss-reactive ketones (excluding diaryl/α,β-unsaturated/α-hetero) is 2. The molecule has 140 valence electrons. The van der Waals surface area contributed by atoms with Gasteiger partial charge in [-0.1, -0.05) is 30.3 Å². The topological polar surface area (TPSA) is 78.3 Å². The SMILES string of the molecule is COC(=O)/C(C(=O)c1ccc(F)cc1)=C(/C(=O)c1ccccc1)n1cccn1. The monoisotopic (exact) mass is 378 g/mol. The minimum absolute atomic E-state index is 0.0346. The second-order valence-corrected chi connectivity index (χ2v) is 5.70. The fourth-order valence-corrected chi connectivity index (χ4v) is 2.60. The highest BCUT2D eigenvalue weighted by Crippen LogP contribution is 2.22. The molecule has 0 aliphatic carbocycles. The van der Waals surface area contributed by atoms with E-state index in [1.165, 1.54) is 24.5 Å². The van der Waals surface area contributed by atoms with Crippen molar-refractivity contribution >= 4 is 23.2 Å². The number of rotatable bonds is 6. The van der Waals surface area contributed by atoms with Crippen molar-refractivity contribution in [1.82, 2.24) is 9.78 Å². The van der Waals surface area contributed by atoms with Crippen LogP contribution in [-0.2, 0) is 9.53 Å². The van der Waals surface area contributed by atoms with Gasteiger partial charge in [-0.15, -0.1) is 0 Å². The maximum absolute atomic E-state index is 13.2. The minimum atomic E-state index is -0.996. The molecule has 0 radical (unpaired) electrons. The van der Waals surface area contributed by atoms with Gasteiger partial charge in [-0.3, -0.25) is 9.59 Å². The van der Waals surface area contributed by atoms with Crippen LogP contribution < -0.4 is 0 Å². The Bertz CT molecular complexity index is 1040. The third-order valence-corrected chi connectivity index (χ3v) is 3.94. The first-order valence-electron chi connectivity index (χ1n) is 8.25. The highest BCUT2D eigenvalue weighted by molar-refractivity contribution is 6.38. The van der Waals surface area contributed by atoms with Crippen molar-refractivity contribution in [2.75, 3.05) is 7.11 Å². The second-order valence-electron chi connectivity index (χ2n) is 5.70. The van der Waals surface area contributed by atoms with Gasteiger partial charge in [0.2, 0.25) is 11.6 Å². The van der Waals surface area contributed by atoms with Crippen LogP contribution in [0.25, 0.3) is 5.70 Å². The van der Waals surface area contributed by atoms with Crippen molar-refractivity contribution in [2.24, 2.45) is 0 Å². The molecule has 0 spiro atoms. The van der Waals surface area contributed by atoms with E-state index in [0.29, 0.717) is 0 Å². The first-order valence-corrected chi connectivity index (χ1v) is 8.25. The zero-order valence-corrected chi connectivity index (χ0v) is 14.8. The Hall–Kier alpha value is -3.87. The fourth-order valence-electron chi connectivity index (χ4n) is 2.60. The summed E-state index contributed by atoms with van der Waals surface area (Å²) in [5.41, 5.74) is -0.447. The normalized spacial score (nSPS) is 11.5. The summed E-state index contributed by atoms with van der Waals surface area (Å²) in [6, 6.07) is 14.4. The summed E-state index contributed by atoms with van der Waals surface area (Å²) in [5, 5.41) is 4.01. The van der Waals surface area contributed by atoms with Gasteiger partial charge in [0, 0.05) is 23.5 Å². The Labute approximate surface area is 159 Å². The van der Waals surface area contributed by atoms with Gasteiger partial charge in [0.25, 0.3) is 0 Å². The number of allylic oxidation sites excluding steroid dienone is 1. The highest BCUT2D eigenvalue weighted by atomic mass is 19.1. The van der Waals surface area contributed by atoms with Gasteiger partial charge < -0.3 is 4.74 Å². The molecule has 0 fully saturated rings. The van der Waals surface area contributed by atoms with Crippen LogP contribution in [0.4, 0.5) is 4.39 Å². The molecule has 0 aliphatic rings. The summed E-state index contributed by atoms with van der Waals surface area (Å²) in [6.07, 6.45) is 2.85. The van der Waals surface area contributed by atoms with Crippen molar-refractivity contribution in [2.45, 2.75) is 0 Å². The number of nitrogens with zero attached hydrogens (tertiary/aromatic N) is 2. The molecule has 0 unspecified atom stereocenters. The van der Waals surface area contributed by atoms with E-state index < -0.39 is 28.9 Å². The average molecular weight is 378 g/mol. The standard InChI is InChI=1S/C21H15FN2O4/c1-28-21(27)17(19(25)15-8-10-16(22)11-9-15)18(24-13-5-12-23-24)20(26)14-6-3-2-4-7-14/h2-13H,1H3/b18-17-. The predicted octanol–water partition coefficient (Wildman–Crippen LogP) is 3.17. The van der Waals surface area contributed by atoms with Gasteiger partial charge in [0.05, 0.1) is 7.11 Å². The lowest BCUT2D eigenvalue weighted by atomic mass is 9.97. The zero-order chi connectivity index (χ0) is 20.1. The zero-order valence-electron chi connectivity index (χ0n) is 14.8. The van der Waals surface area contributed by atoms with Crippen LogP contribution in [0.15, 0.2) is 78.6 Å². The number of ether oxygens (including phenoxy) is 1. The van der Waals surface area contributed by atoms with Crippen LogP contribution in [-0.4, -0.2) is 34.4 Å². The second kappa shape index (κ2) is 8.22. The van der Waals surface area contributed by atoms with Crippen molar-refractivity contribution in [3.05, 3.63) is 95.6 Å². The number of methoxy groups -OCH3 is 1. The maximum Gasteiger partial charge on any atom is 0.344 e. The lowest BCUT2D eigenvalue weighted by Crippen LogP contribution is -2.23. The van der Waals surface area contributed by atoms with E-state index in [1.54, 1.807) is 36.4 Å². The first kappa shape index (κ1) is 18.9. The molecule has 0 amide bonds. The van der Waals surface area contributed by atoms with Crippen LogP contribution >= 0.6 is 0 Å². The minimum Gasteiger partial charge on any atom is -0.465 e. The summed E-state index contributed by atoms with van der Waals surface area (Å²) in [7, 11) is 1.11.